The van der Waals surface area contributed by atoms with E-state index in [9.17, 15) is 9.59 Å². The van der Waals surface area contributed by atoms with Gasteiger partial charge in [-0.05, 0) is 43.7 Å². The number of carbonyl (C=O) groups is 2. The Labute approximate surface area is 166 Å². The second-order valence-electron chi connectivity index (χ2n) is 6.19. The molecule has 5 N–H and O–H groups in total. The molecule has 2 aromatic carbocycles. The van der Waals surface area contributed by atoms with Crippen LogP contribution in [-0.2, 0) is 4.79 Å². The fraction of sp³-hybridized carbons (Fsp3) is 0.158. The standard InChI is InChI=1S/C19H20N6O2S/c1-11-4-3-5-13(8-11)17(27)22-15-9-14(7-6-12(15)2)21-16(26)10-28-19-23-18(20)24-25-19/h3-9H,10H2,1-2H3,(H,21,26)(H,22,27)(H3,20,23,24,25). The van der Waals surface area contributed by atoms with Gasteiger partial charge in [-0.15, -0.1) is 5.10 Å². The summed E-state index contributed by atoms with van der Waals surface area (Å²) >= 11 is 1.17. The zero-order chi connectivity index (χ0) is 20.1. The number of nitrogens with two attached hydrogens (primary N) is 1. The van der Waals surface area contributed by atoms with E-state index >= 15 is 0 Å². The summed E-state index contributed by atoms with van der Waals surface area (Å²) in [6, 6.07) is 12.7. The third kappa shape index (κ3) is 5.10. The van der Waals surface area contributed by atoms with Crippen molar-refractivity contribution in [1.82, 2.24) is 15.2 Å². The van der Waals surface area contributed by atoms with Crippen molar-refractivity contribution in [1.29, 1.82) is 0 Å². The van der Waals surface area contributed by atoms with Crippen molar-refractivity contribution < 1.29 is 9.59 Å². The van der Waals surface area contributed by atoms with Gasteiger partial charge in [-0.25, -0.2) is 5.10 Å². The number of H-pyrrole nitrogens is 1. The van der Waals surface area contributed by atoms with Crippen LogP contribution in [0, 0.1) is 13.8 Å². The number of aromatic nitrogens is 3. The first-order valence-electron chi connectivity index (χ1n) is 8.50. The number of hydrogen-bond acceptors (Lipinski definition) is 6. The average Bonchev–Trinajstić information content (AvgIpc) is 3.08. The van der Waals surface area contributed by atoms with Crippen molar-refractivity contribution in [3.05, 3.63) is 59.2 Å². The maximum Gasteiger partial charge on any atom is 0.255 e. The van der Waals surface area contributed by atoms with Gasteiger partial charge < -0.3 is 16.4 Å². The molecule has 28 heavy (non-hydrogen) atoms. The molecule has 1 heterocycles. The Morgan fingerprint density at radius 3 is 2.68 bits per heavy atom. The van der Waals surface area contributed by atoms with E-state index < -0.39 is 0 Å². The highest BCUT2D eigenvalue weighted by molar-refractivity contribution is 7.99. The van der Waals surface area contributed by atoms with Crippen LogP contribution in [0.25, 0.3) is 0 Å². The number of nitrogens with zero attached hydrogens (tertiary/aromatic N) is 2. The Bertz CT molecular complexity index is 1020. The summed E-state index contributed by atoms with van der Waals surface area (Å²) in [6.07, 6.45) is 0. The van der Waals surface area contributed by atoms with E-state index in [1.54, 1.807) is 18.2 Å². The maximum atomic E-state index is 12.5. The number of nitrogen functional groups attached to an aromatic ring is 1. The first-order chi connectivity index (χ1) is 13.4. The molecule has 3 rings (SSSR count). The number of thioether (sulfide) groups is 1. The maximum absolute atomic E-state index is 12.5. The number of benzene rings is 2. The van der Waals surface area contributed by atoms with Crippen LogP contribution in [0.3, 0.4) is 0 Å². The normalized spacial score (nSPS) is 10.5. The van der Waals surface area contributed by atoms with E-state index in [1.165, 1.54) is 11.8 Å². The molecular formula is C19H20N6O2S. The average molecular weight is 396 g/mol. The zero-order valence-electron chi connectivity index (χ0n) is 15.4. The third-order valence-electron chi connectivity index (χ3n) is 3.86. The van der Waals surface area contributed by atoms with E-state index in [1.807, 2.05) is 38.1 Å². The molecule has 0 atom stereocenters. The molecular weight excluding hydrogens is 376 g/mol. The SMILES string of the molecule is Cc1cccc(C(=O)Nc2cc(NC(=O)CSc3n[nH]c(N)n3)ccc2C)c1. The predicted molar refractivity (Wildman–Crippen MR) is 110 cm³/mol. The summed E-state index contributed by atoms with van der Waals surface area (Å²) in [7, 11) is 0. The second kappa shape index (κ2) is 8.57. The number of aromatic amines is 1. The lowest BCUT2D eigenvalue weighted by Gasteiger charge is -2.12. The monoisotopic (exact) mass is 396 g/mol. The molecule has 0 spiro atoms. The van der Waals surface area contributed by atoms with E-state index in [-0.39, 0.29) is 23.5 Å². The van der Waals surface area contributed by atoms with E-state index in [0.717, 1.165) is 11.1 Å². The molecule has 0 saturated carbocycles. The zero-order valence-corrected chi connectivity index (χ0v) is 16.3. The fourth-order valence-electron chi connectivity index (χ4n) is 2.47. The van der Waals surface area contributed by atoms with Crippen molar-refractivity contribution >= 4 is 40.9 Å². The van der Waals surface area contributed by atoms with Gasteiger partial charge >= 0.3 is 0 Å². The first-order valence-corrected chi connectivity index (χ1v) is 9.48. The van der Waals surface area contributed by atoms with Crippen LogP contribution < -0.4 is 16.4 Å². The van der Waals surface area contributed by atoms with Crippen molar-refractivity contribution in [3.63, 3.8) is 0 Å². The van der Waals surface area contributed by atoms with Gasteiger partial charge in [-0.3, -0.25) is 9.59 Å². The van der Waals surface area contributed by atoms with Crippen molar-refractivity contribution in [2.45, 2.75) is 19.0 Å². The lowest BCUT2D eigenvalue weighted by atomic mass is 10.1. The highest BCUT2D eigenvalue weighted by atomic mass is 32.2. The number of anilines is 3. The highest BCUT2D eigenvalue weighted by Crippen LogP contribution is 2.22. The molecule has 0 unspecified atom stereocenters. The molecule has 0 aliphatic heterocycles. The quantitative estimate of drug-likeness (QED) is 0.475. The molecule has 0 saturated heterocycles. The predicted octanol–water partition coefficient (Wildman–Crippen LogP) is 2.99. The molecule has 0 fully saturated rings. The number of carbonyl (C=O) groups excluding carboxylic acids is 2. The van der Waals surface area contributed by atoms with E-state index in [0.29, 0.717) is 22.1 Å². The Kier molecular flexibility index (Phi) is 5.95. The van der Waals surface area contributed by atoms with Gasteiger partial charge in [0.2, 0.25) is 17.0 Å². The molecule has 0 aliphatic carbocycles. The summed E-state index contributed by atoms with van der Waals surface area (Å²) in [6.45, 7) is 3.82. The Hall–Kier alpha value is -3.33. The number of rotatable bonds is 6. The van der Waals surface area contributed by atoms with Crippen molar-refractivity contribution in [3.8, 4) is 0 Å². The summed E-state index contributed by atoms with van der Waals surface area (Å²) in [4.78, 5) is 28.6. The topological polar surface area (TPSA) is 126 Å². The minimum atomic E-state index is -0.215. The van der Waals surface area contributed by atoms with Crippen LogP contribution in [0.4, 0.5) is 17.3 Å². The van der Waals surface area contributed by atoms with Gasteiger partial charge in [0.25, 0.3) is 5.91 Å². The smallest absolute Gasteiger partial charge is 0.255 e. The summed E-state index contributed by atoms with van der Waals surface area (Å²) in [5.74, 6) is -0.0764. The molecule has 9 heteroatoms. The molecule has 3 aromatic rings. The van der Waals surface area contributed by atoms with Gasteiger partial charge in [0.15, 0.2) is 0 Å². The summed E-state index contributed by atoms with van der Waals surface area (Å²) in [5.41, 5.74) is 9.16. The number of hydrogen-bond donors (Lipinski definition) is 4. The van der Waals surface area contributed by atoms with Crippen LogP contribution in [0.2, 0.25) is 0 Å². The van der Waals surface area contributed by atoms with Gasteiger partial charge in [-0.1, -0.05) is 35.5 Å². The fourth-order valence-corrected chi connectivity index (χ4v) is 3.07. The molecule has 8 nitrogen and oxygen atoms in total. The van der Waals surface area contributed by atoms with Crippen molar-refractivity contribution in [2.75, 3.05) is 22.1 Å². The number of aryl methyl sites for hydroxylation is 2. The highest BCUT2D eigenvalue weighted by Gasteiger charge is 2.11. The van der Waals surface area contributed by atoms with Gasteiger partial charge in [0.1, 0.15) is 0 Å². The van der Waals surface area contributed by atoms with Crippen LogP contribution >= 0.6 is 11.8 Å². The molecule has 144 valence electrons. The lowest BCUT2D eigenvalue weighted by molar-refractivity contribution is -0.113. The Balaban J connectivity index is 1.63. The van der Waals surface area contributed by atoms with Crippen LogP contribution in [-0.4, -0.2) is 32.7 Å². The van der Waals surface area contributed by atoms with Crippen LogP contribution in [0.15, 0.2) is 47.6 Å². The minimum Gasteiger partial charge on any atom is -0.368 e. The summed E-state index contributed by atoms with van der Waals surface area (Å²) < 4.78 is 0. The molecule has 1 aromatic heterocycles. The van der Waals surface area contributed by atoms with E-state index in [4.69, 9.17) is 5.73 Å². The third-order valence-corrected chi connectivity index (χ3v) is 4.71. The van der Waals surface area contributed by atoms with Gasteiger partial charge in [0, 0.05) is 16.9 Å². The van der Waals surface area contributed by atoms with E-state index in [2.05, 4.69) is 25.8 Å². The largest absolute Gasteiger partial charge is 0.368 e. The Morgan fingerprint density at radius 2 is 1.96 bits per heavy atom. The molecule has 0 radical (unpaired) electrons. The Morgan fingerprint density at radius 1 is 1.14 bits per heavy atom. The van der Waals surface area contributed by atoms with Crippen LogP contribution in [0.5, 0.6) is 0 Å². The molecule has 0 aliphatic rings. The summed E-state index contributed by atoms with van der Waals surface area (Å²) in [5, 5.41) is 12.5. The first kappa shape index (κ1) is 19.4. The van der Waals surface area contributed by atoms with Gasteiger partial charge in [-0.2, -0.15) is 4.98 Å². The lowest BCUT2D eigenvalue weighted by Crippen LogP contribution is -2.16. The number of nitrogens with one attached hydrogen (secondary N) is 3. The molecule has 0 bridgehead atoms. The number of amides is 2. The molecule has 2 amide bonds. The van der Waals surface area contributed by atoms with Crippen molar-refractivity contribution in [2.24, 2.45) is 0 Å². The second-order valence-corrected chi connectivity index (χ2v) is 7.14. The minimum absolute atomic E-state index is 0.135. The van der Waals surface area contributed by atoms with Crippen LogP contribution in [0.1, 0.15) is 21.5 Å². The van der Waals surface area contributed by atoms with Gasteiger partial charge in [0.05, 0.1) is 5.75 Å².